The predicted octanol–water partition coefficient (Wildman–Crippen LogP) is 3.59. The van der Waals surface area contributed by atoms with Crippen LogP contribution >= 0.6 is 0 Å². The molecule has 3 aromatic rings. The van der Waals surface area contributed by atoms with Gasteiger partial charge in [-0.1, -0.05) is 48.0 Å². The van der Waals surface area contributed by atoms with Crippen molar-refractivity contribution in [3.8, 4) is 0 Å². The molecule has 1 aromatic heterocycles. The van der Waals surface area contributed by atoms with E-state index >= 15 is 0 Å². The van der Waals surface area contributed by atoms with E-state index in [4.69, 9.17) is 5.73 Å². The molecule has 1 atom stereocenters. The van der Waals surface area contributed by atoms with Crippen LogP contribution in [0, 0.1) is 6.92 Å². The van der Waals surface area contributed by atoms with Gasteiger partial charge in [0.15, 0.2) is 0 Å². The van der Waals surface area contributed by atoms with Gasteiger partial charge in [0.2, 0.25) is 0 Å². The average Bonchev–Trinajstić information content (AvgIpc) is 2.47. The normalized spacial score (nSPS) is 12.5. The molecule has 2 nitrogen and oxygen atoms in total. The fourth-order valence-electron chi connectivity index (χ4n) is 2.37. The maximum atomic E-state index is 6.41. The van der Waals surface area contributed by atoms with Gasteiger partial charge in [0.25, 0.3) is 0 Å². The molecule has 0 aliphatic rings. The zero-order valence-electron chi connectivity index (χ0n) is 10.9. The van der Waals surface area contributed by atoms with Crippen LogP contribution in [0.1, 0.15) is 22.7 Å². The van der Waals surface area contributed by atoms with Gasteiger partial charge < -0.3 is 5.73 Å². The summed E-state index contributed by atoms with van der Waals surface area (Å²) in [6.07, 6.45) is 3.69. The van der Waals surface area contributed by atoms with Gasteiger partial charge in [0.1, 0.15) is 0 Å². The van der Waals surface area contributed by atoms with Gasteiger partial charge >= 0.3 is 0 Å². The Hall–Kier alpha value is -2.19. The van der Waals surface area contributed by atoms with Crippen molar-refractivity contribution in [3.63, 3.8) is 0 Å². The van der Waals surface area contributed by atoms with Crippen LogP contribution in [0.2, 0.25) is 0 Å². The summed E-state index contributed by atoms with van der Waals surface area (Å²) in [7, 11) is 0. The lowest BCUT2D eigenvalue weighted by Crippen LogP contribution is -2.12. The van der Waals surface area contributed by atoms with Crippen LogP contribution in [0.25, 0.3) is 10.8 Å². The molecular formula is C17H16N2. The van der Waals surface area contributed by atoms with Crippen molar-refractivity contribution in [3.05, 3.63) is 77.6 Å². The third-order valence-corrected chi connectivity index (χ3v) is 3.49. The molecule has 1 heterocycles. The number of nitrogens with two attached hydrogens (primary N) is 1. The quantitative estimate of drug-likeness (QED) is 0.752. The van der Waals surface area contributed by atoms with Crippen molar-refractivity contribution < 1.29 is 0 Å². The number of pyridine rings is 1. The second kappa shape index (κ2) is 4.82. The van der Waals surface area contributed by atoms with Gasteiger partial charge in [-0.15, -0.1) is 0 Å². The Kier molecular flexibility index (Phi) is 3.02. The van der Waals surface area contributed by atoms with Crippen LogP contribution in [0.4, 0.5) is 0 Å². The predicted molar refractivity (Wildman–Crippen MR) is 79.0 cm³/mol. The Morgan fingerprint density at radius 3 is 2.58 bits per heavy atom. The maximum Gasteiger partial charge on any atom is 0.0557 e. The molecule has 0 saturated heterocycles. The monoisotopic (exact) mass is 248 g/mol. The fraction of sp³-hybridized carbons (Fsp3) is 0.118. The minimum absolute atomic E-state index is 0.105. The summed E-state index contributed by atoms with van der Waals surface area (Å²) in [6.45, 7) is 2.08. The van der Waals surface area contributed by atoms with E-state index in [1.54, 1.807) is 0 Å². The molecule has 0 saturated carbocycles. The molecule has 0 aliphatic heterocycles. The molecule has 2 N–H and O–H groups in total. The third-order valence-electron chi connectivity index (χ3n) is 3.49. The van der Waals surface area contributed by atoms with E-state index in [9.17, 15) is 0 Å². The highest BCUT2D eigenvalue weighted by Crippen LogP contribution is 2.26. The minimum Gasteiger partial charge on any atom is -0.320 e. The van der Waals surface area contributed by atoms with Crippen molar-refractivity contribution in [2.24, 2.45) is 5.73 Å². The average molecular weight is 248 g/mol. The molecule has 0 bridgehead atoms. The summed E-state index contributed by atoms with van der Waals surface area (Å²) < 4.78 is 0. The van der Waals surface area contributed by atoms with Gasteiger partial charge in [-0.2, -0.15) is 0 Å². The first-order valence-corrected chi connectivity index (χ1v) is 6.40. The molecule has 94 valence electrons. The molecule has 1 unspecified atom stereocenters. The maximum absolute atomic E-state index is 6.41. The number of aryl methyl sites for hydroxylation is 1. The van der Waals surface area contributed by atoms with E-state index in [2.05, 4.69) is 48.3 Å². The Balaban J connectivity index is 2.11. The number of fused-ring (bicyclic) bond motifs is 1. The summed E-state index contributed by atoms with van der Waals surface area (Å²) in [6, 6.07) is 16.5. The Morgan fingerprint density at radius 2 is 1.79 bits per heavy atom. The van der Waals surface area contributed by atoms with Crippen molar-refractivity contribution in [1.82, 2.24) is 4.98 Å². The van der Waals surface area contributed by atoms with Crippen molar-refractivity contribution in [1.29, 1.82) is 0 Å². The number of aromatic nitrogens is 1. The number of hydrogen-bond acceptors (Lipinski definition) is 2. The molecule has 0 aliphatic carbocycles. The highest BCUT2D eigenvalue weighted by atomic mass is 14.6. The van der Waals surface area contributed by atoms with Crippen molar-refractivity contribution in [2.75, 3.05) is 0 Å². The minimum atomic E-state index is -0.105. The lowest BCUT2D eigenvalue weighted by Gasteiger charge is -2.15. The number of benzene rings is 2. The van der Waals surface area contributed by atoms with E-state index < -0.39 is 0 Å². The van der Waals surface area contributed by atoms with Crippen LogP contribution in [-0.4, -0.2) is 4.98 Å². The van der Waals surface area contributed by atoms with E-state index in [0.717, 1.165) is 16.5 Å². The molecule has 0 radical (unpaired) electrons. The standard InChI is InChI=1S/C17H16N2/c1-12-5-7-13(8-6-12)17(18)16-4-2-3-14-11-19-10-9-15(14)16/h2-11,17H,18H2,1H3. The number of nitrogens with zero attached hydrogens (tertiary/aromatic N) is 1. The molecule has 0 fully saturated rings. The highest BCUT2D eigenvalue weighted by molar-refractivity contribution is 5.85. The van der Waals surface area contributed by atoms with Crippen molar-refractivity contribution in [2.45, 2.75) is 13.0 Å². The molecule has 0 amide bonds. The summed E-state index contributed by atoms with van der Waals surface area (Å²) in [5.41, 5.74) is 9.94. The first kappa shape index (κ1) is 11.9. The van der Waals surface area contributed by atoms with E-state index in [0.29, 0.717) is 0 Å². The molecule has 2 heteroatoms. The second-order valence-electron chi connectivity index (χ2n) is 4.83. The third kappa shape index (κ3) is 2.23. The SMILES string of the molecule is Cc1ccc(C(N)c2cccc3cnccc23)cc1. The topological polar surface area (TPSA) is 38.9 Å². The van der Waals surface area contributed by atoms with E-state index in [1.807, 2.05) is 24.5 Å². The molecule has 19 heavy (non-hydrogen) atoms. The van der Waals surface area contributed by atoms with E-state index in [1.165, 1.54) is 10.9 Å². The van der Waals surface area contributed by atoms with Gasteiger partial charge in [-0.25, -0.2) is 0 Å². The van der Waals surface area contributed by atoms with Crippen LogP contribution in [-0.2, 0) is 0 Å². The lowest BCUT2D eigenvalue weighted by molar-refractivity contribution is 0.880. The van der Waals surface area contributed by atoms with Crippen LogP contribution in [0.15, 0.2) is 60.9 Å². The van der Waals surface area contributed by atoms with E-state index in [-0.39, 0.29) is 6.04 Å². The summed E-state index contributed by atoms with van der Waals surface area (Å²) in [4.78, 5) is 4.16. The molecule has 0 spiro atoms. The number of hydrogen-bond donors (Lipinski definition) is 1. The molecular weight excluding hydrogens is 232 g/mol. The largest absolute Gasteiger partial charge is 0.320 e. The van der Waals surface area contributed by atoms with Gasteiger partial charge in [-0.3, -0.25) is 4.98 Å². The second-order valence-corrected chi connectivity index (χ2v) is 4.83. The zero-order valence-corrected chi connectivity index (χ0v) is 10.9. The van der Waals surface area contributed by atoms with Crippen LogP contribution in [0.3, 0.4) is 0 Å². The van der Waals surface area contributed by atoms with Crippen LogP contribution in [0.5, 0.6) is 0 Å². The van der Waals surface area contributed by atoms with Gasteiger partial charge in [0, 0.05) is 17.8 Å². The molecule has 2 aromatic carbocycles. The lowest BCUT2D eigenvalue weighted by atomic mass is 9.95. The Bertz CT molecular complexity index is 697. The fourth-order valence-corrected chi connectivity index (χ4v) is 2.37. The smallest absolute Gasteiger partial charge is 0.0557 e. The first-order valence-electron chi connectivity index (χ1n) is 6.40. The summed E-state index contributed by atoms with van der Waals surface area (Å²) in [5, 5.41) is 2.30. The van der Waals surface area contributed by atoms with Gasteiger partial charge in [-0.05, 0) is 29.5 Å². The van der Waals surface area contributed by atoms with Gasteiger partial charge in [0.05, 0.1) is 6.04 Å². The highest BCUT2D eigenvalue weighted by Gasteiger charge is 2.11. The zero-order chi connectivity index (χ0) is 13.2. The van der Waals surface area contributed by atoms with Crippen molar-refractivity contribution >= 4 is 10.8 Å². The molecule has 3 rings (SSSR count). The van der Waals surface area contributed by atoms with Crippen LogP contribution < -0.4 is 5.73 Å². The number of rotatable bonds is 2. The Morgan fingerprint density at radius 1 is 1.00 bits per heavy atom. The Labute approximate surface area is 112 Å². The summed E-state index contributed by atoms with van der Waals surface area (Å²) >= 11 is 0. The summed E-state index contributed by atoms with van der Waals surface area (Å²) in [5.74, 6) is 0. The first-order chi connectivity index (χ1) is 9.25.